The summed E-state index contributed by atoms with van der Waals surface area (Å²) in [6.45, 7) is 4.58. The van der Waals surface area contributed by atoms with Crippen LogP contribution in [0.15, 0.2) is 48.5 Å². The second-order valence-corrected chi connectivity index (χ2v) is 12.9. The second-order valence-electron chi connectivity index (χ2n) is 12.9. The Balaban J connectivity index is 1.12. The van der Waals surface area contributed by atoms with Gasteiger partial charge in [-0.3, -0.25) is 4.79 Å². The minimum atomic E-state index is -1.36. The third-order valence-electron chi connectivity index (χ3n) is 10.4. The summed E-state index contributed by atoms with van der Waals surface area (Å²) >= 11 is 0. The fraction of sp³-hybridized carbons (Fsp3) is 0.412. The minimum absolute atomic E-state index is 0.0569. The monoisotopic (exact) mass is 577 g/mol. The zero-order valence-corrected chi connectivity index (χ0v) is 24.1. The lowest BCUT2D eigenvalue weighted by molar-refractivity contribution is -0.0499. The summed E-state index contributed by atoms with van der Waals surface area (Å²) < 4.78 is 10.3. The Hall–Kier alpha value is -4.08. The number of para-hydroxylation sites is 2. The van der Waals surface area contributed by atoms with Crippen molar-refractivity contribution in [3.8, 4) is 0 Å². The van der Waals surface area contributed by atoms with E-state index in [0.717, 1.165) is 67.6 Å². The highest BCUT2D eigenvalue weighted by atomic mass is 16.6. The Kier molecular flexibility index (Phi) is 5.44. The average molecular weight is 578 g/mol. The van der Waals surface area contributed by atoms with Gasteiger partial charge in [0.25, 0.3) is 5.91 Å². The predicted octanol–water partition coefficient (Wildman–Crippen LogP) is 4.59. The van der Waals surface area contributed by atoms with Crippen LogP contribution < -0.4 is 5.32 Å². The van der Waals surface area contributed by atoms with Gasteiger partial charge in [0, 0.05) is 58.3 Å². The summed E-state index contributed by atoms with van der Waals surface area (Å²) in [5.74, 6) is -0.0569. The van der Waals surface area contributed by atoms with Crippen LogP contribution in [0, 0.1) is 0 Å². The van der Waals surface area contributed by atoms with Gasteiger partial charge < -0.3 is 34.1 Å². The van der Waals surface area contributed by atoms with Gasteiger partial charge in [0.05, 0.1) is 29.7 Å². The zero-order chi connectivity index (χ0) is 28.9. The summed E-state index contributed by atoms with van der Waals surface area (Å²) in [4.78, 5) is 31.0. The third-order valence-corrected chi connectivity index (χ3v) is 10.4. The summed E-state index contributed by atoms with van der Waals surface area (Å²) in [5.41, 5.74) is 4.31. The highest BCUT2D eigenvalue weighted by Gasteiger charge is 2.40. The Bertz CT molecular complexity index is 1980. The highest BCUT2D eigenvalue weighted by Crippen LogP contribution is 2.46. The van der Waals surface area contributed by atoms with Crippen LogP contribution in [0.2, 0.25) is 0 Å². The molecule has 0 aliphatic carbocycles. The molecule has 4 aliphatic rings. The van der Waals surface area contributed by atoms with Crippen LogP contribution in [0.4, 0.5) is 4.79 Å². The van der Waals surface area contributed by atoms with E-state index in [1.54, 1.807) is 4.90 Å². The molecule has 2 saturated heterocycles. The van der Waals surface area contributed by atoms with Crippen molar-refractivity contribution in [1.82, 2.24) is 24.3 Å². The van der Waals surface area contributed by atoms with Gasteiger partial charge in [-0.2, -0.15) is 0 Å². The van der Waals surface area contributed by atoms with Crippen LogP contribution >= 0.6 is 0 Å². The number of hydrogen-bond donors (Lipinski definition) is 2. The SMILES string of the molecule is O=C1NCc2c1c1c3ccccc3n3c1c1c2c2ccccc2n1CC(O)(COC(=O)N1CCC(N2CCCC2)CC1)C3. The molecule has 9 heteroatoms. The molecule has 2 amide bonds. The molecule has 0 radical (unpaired) electrons. The molecular weight excluding hydrogens is 542 g/mol. The van der Waals surface area contributed by atoms with E-state index in [1.165, 1.54) is 25.9 Å². The number of nitrogens with zero attached hydrogens (tertiary/aromatic N) is 4. The van der Waals surface area contributed by atoms with E-state index in [4.69, 9.17) is 4.74 Å². The molecule has 0 spiro atoms. The number of aliphatic hydroxyl groups is 1. The maximum Gasteiger partial charge on any atom is 0.409 e. The average Bonchev–Trinajstić information content (AvgIpc) is 3.81. The molecule has 2 aromatic heterocycles. The fourth-order valence-electron chi connectivity index (χ4n) is 8.48. The zero-order valence-electron chi connectivity index (χ0n) is 24.1. The number of ether oxygens (including phenoxy) is 1. The minimum Gasteiger partial charge on any atom is -0.446 e. The molecule has 6 heterocycles. The van der Waals surface area contributed by atoms with Crippen LogP contribution in [0.3, 0.4) is 0 Å². The van der Waals surface area contributed by atoms with Crippen molar-refractivity contribution in [2.45, 2.75) is 57.0 Å². The van der Waals surface area contributed by atoms with Gasteiger partial charge in [-0.25, -0.2) is 4.79 Å². The summed E-state index contributed by atoms with van der Waals surface area (Å²) in [5, 5.41) is 19.5. The van der Waals surface area contributed by atoms with Crippen molar-refractivity contribution in [3.63, 3.8) is 0 Å². The second kappa shape index (κ2) is 9.21. The maximum atomic E-state index is 13.3. The molecular formula is C34H35N5O4. The van der Waals surface area contributed by atoms with Crippen molar-refractivity contribution >= 4 is 55.6 Å². The van der Waals surface area contributed by atoms with Crippen LogP contribution in [0.5, 0.6) is 0 Å². The van der Waals surface area contributed by atoms with E-state index in [9.17, 15) is 14.7 Å². The first-order chi connectivity index (χ1) is 21.0. The quantitative estimate of drug-likeness (QED) is 0.328. The van der Waals surface area contributed by atoms with Gasteiger partial charge >= 0.3 is 6.09 Å². The standard InChI is InChI=1S/C34H35N5O4/c40-32-29-24(17-35-32)27-22-7-1-3-9-25(22)38-18-34(42,19-39-26-10-4-2-8-23(26)28(29)31(39)30(27)38)20-43-33(41)37-15-11-21(12-16-37)36-13-5-6-14-36/h1-4,7-10,21,42H,5-6,11-20H2,(H,35,40). The molecule has 4 aliphatic heterocycles. The third kappa shape index (κ3) is 3.64. The number of carbonyl (C=O) groups is 2. The molecule has 0 saturated carbocycles. The number of amides is 2. The number of benzene rings is 3. The number of piperidine rings is 1. The van der Waals surface area contributed by atoms with E-state index in [2.05, 4.69) is 43.6 Å². The van der Waals surface area contributed by atoms with E-state index in [-0.39, 0.29) is 31.7 Å². The van der Waals surface area contributed by atoms with Gasteiger partial charge in [0.15, 0.2) is 0 Å². The molecule has 9 nitrogen and oxygen atoms in total. The highest BCUT2D eigenvalue weighted by molar-refractivity contribution is 6.30. The van der Waals surface area contributed by atoms with Crippen molar-refractivity contribution in [1.29, 1.82) is 0 Å². The molecule has 1 unspecified atom stereocenters. The molecule has 3 aromatic carbocycles. The molecule has 43 heavy (non-hydrogen) atoms. The van der Waals surface area contributed by atoms with Crippen molar-refractivity contribution < 1.29 is 19.4 Å². The van der Waals surface area contributed by atoms with E-state index >= 15 is 0 Å². The van der Waals surface area contributed by atoms with E-state index in [0.29, 0.717) is 25.7 Å². The smallest absolute Gasteiger partial charge is 0.409 e. The molecule has 2 N–H and O–H groups in total. The molecule has 220 valence electrons. The number of aromatic nitrogens is 2. The number of nitrogens with one attached hydrogen (secondary N) is 1. The Morgan fingerprint density at radius 2 is 1.49 bits per heavy atom. The van der Waals surface area contributed by atoms with Crippen LogP contribution in [-0.4, -0.2) is 80.5 Å². The first kappa shape index (κ1) is 25.4. The summed E-state index contributed by atoms with van der Waals surface area (Å²) in [6.07, 6.45) is 4.12. The molecule has 1 atom stereocenters. The lowest BCUT2D eigenvalue weighted by atomic mass is 9.97. The molecule has 9 rings (SSSR count). The lowest BCUT2D eigenvalue weighted by Gasteiger charge is -2.36. The van der Waals surface area contributed by atoms with Gasteiger partial charge in [0.2, 0.25) is 0 Å². The number of rotatable bonds is 3. The Labute approximate surface area is 248 Å². The topological polar surface area (TPSA) is 92.0 Å². The molecule has 0 bridgehead atoms. The van der Waals surface area contributed by atoms with Gasteiger partial charge in [-0.1, -0.05) is 36.4 Å². The number of likely N-dealkylation sites (tertiary alicyclic amines) is 2. The summed E-state index contributed by atoms with van der Waals surface area (Å²) in [7, 11) is 0. The Morgan fingerprint density at radius 3 is 2.16 bits per heavy atom. The first-order valence-electron chi connectivity index (χ1n) is 15.6. The van der Waals surface area contributed by atoms with Gasteiger partial charge in [0.1, 0.15) is 12.2 Å². The fourth-order valence-corrected chi connectivity index (χ4v) is 8.48. The Morgan fingerprint density at radius 1 is 0.884 bits per heavy atom. The van der Waals surface area contributed by atoms with E-state index < -0.39 is 5.60 Å². The van der Waals surface area contributed by atoms with Crippen molar-refractivity contribution in [2.75, 3.05) is 32.8 Å². The van der Waals surface area contributed by atoms with Crippen molar-refractivity contribution in [3.05, 3.63) is 59.7 Å². The maximum absolute atomic E-state index is 13.3. The van der Waals surface area contributed by atoms with Gasteiger partial charge in [-0.05, 0) is 56.5 Å². The predicted molar refractivity (Wildman–Crippen MR) is 165 cm³/mol. The number of carbonyl (C=O) groups excluding carboxylic acids is 2. The lowest BCUT2D eigenvalue weighted by Crippen LogP contribution is -2.48. The van der Waals surface area contributed by atoms with Crippen LogP contribution in [-0.2, 0) is 24.4 Å². The van der Waals surface area contributed by atoms with E-state index in [1.807, 2.05) is 24.3 Å². The largest absolute Gasteiger partial charge is 0.446 e. The number of fused-ring (bicyclic) bond motifs is 9. The molecule has 2 fully saturated rings. The van der Waals surface area contributed by atoms with Crippen LogP contribution in [0.1, 0.15) is 41.6 Å². The first-order valence-corrected chi connectivity index (χ1v) is 15.6. The number of hydrogen-bond acceptors (Lipinski definition) is 5. The molecule has 5 aromatic rings. The van der Waals surface area contributed by atoms with Gasteiger partial charge in [-0.15, -0.1) is 0 Å². The normalized spacial score (nSPS) is 22.7. The summed E-state index contributed by atoms with van der Waals surface area (Å²) in [6, 6.07) is 16.9. The van der Waals surface area contributed by atoms with Crippen molar-refractivity contribution in [2.24, 2.45) is 0 Å². The van der Waals surface area contributed by atoms with Crippen LogP contribution in [0.25, 0.3) is 43.6 Å².